The zero-order valence-electron chi connectivity index (χ0n) is 6.22. The third-order valence-corrected chi connectivity index (χ3v) is 0.771. The number of hydrogen-bond acceptors (Lipinski definition) is 3. The highest BCUT2D eigenvalue weighted by Crippen LogP contribution is 1.84. The Bertz CT molecular complexity index is 60.5. The molecule has 0 radical (unpaired) electrons. The number of quaternary nitrogens is 1. The van der Waals surface area contributed by atoms with E-state index in [1.807, 2.05) is 0 Å². The zero-order valence-corrected chi connectivity index (χ0v) is 6.22. The van der Waals surface area contributed by atoms with Crippen molar-refractivity contribution >= 4 is 0 Å². The molecule has 0 amide bonds. The van der Waals surface area contributed by atoms with Gasteiger partial charge in [-0.3, -0.25) is 0 Å². The first kappa shape index (κ1) is 11.3. The highest BCUT2D eigenvalue weighted by atomic mass is 16.3. The number of aliphatic hydroxyl groups is 1. The minimum atomic E-state index is 0.281. The van der Waals surface area contributed by atoms with Crippen LogP contribution in [0, 0.1) is 10.5 Å². The zero-order chi connectivity index (χ0) is 7.91. The average Bonchev–Trinajstić information content (AvgIpc) is 1.69. The largest absolute Gasteiger partial charge is 0.391 e. The Morgan fingerprint density at radius 3 is 1.67 bits per heavy atom. The van der Waals surface area contributed by atoms with Gasteiger partial charge in [-0.25, -0.2) is 0 Å². The lowest BCUT2D eigenvalue weighted by atomic mass is 10.5. The van der Waals surface area contributed by atoms with Crippen LogP contribution >= 0.6 is 0 Å². The standard InChI is InChI=1S/C5H14NO.HNO/c1-6(2,3)4-5-7;1-2/h7H,4-5H2,1-3H3;1H/q+1;. The van der Waals surface area contributed by atoms with Gasteiger partial charge in [0, 0.05) is 0 Å². The molecule has 0 aliphatic heterocycles. The molecule has 0 aliphatic rings. The van der Waals surface area contributed by atoms with E-state index < -0.39 is 0 Å². The minimum Gasteiger partial charge on any atom is -0.391 e. The Hall–Kier alpha value is -0.480. The fraction of sp³-hybridized carbons (Fsp3) is 1.00. The number of likely N-dealkylation sites (N-methyl/N-ethyl adjacent to an activating group) is 1. The predicted molar refractivity (Wildman–Crippen MR) is 36.1 cm³/mol. The third-order valence-electron chi connectivity index (χ3n) is 0.771. The maximum Gasteiger partial charge on any atom is 0.101 e. The molecule has 0 atom stereocenters. The maximum absolute atomic E-state index is 8.39. The summed E-state index contributed by atoms with van der Waals surface area (Å²) in [5, 5.41) is 8.39. The molecule has 0 bridgehead atoms. The molecule has 0 heterocycles. The monoisotopic (exact) mass is 135 g/mol. The van der Waals surface area contributed by atoms with E-state index in [0.29, 0.717) is 0 Å². The Morgan fingerprint density at radius 2 is 1.67 bits per heavy atom. The summed E-state index contributed by atoms with van der Waals surface area (Å²) in [6.07, 6.45) is 0. The van der Waals surface area contributed by atoms with Gasteiger partial charge in [-0.2, -0.15) is 4.91 Å². The Labute approximate surface area is 55.5 Å². The van der Waals surface area contributed by atoms with E-state index in [0.717, 1.165) is 11.0 Å². The SMILES string of the molecule is C[N+](C)(C)CCO.N=O. The maximum atomic E-state index is 8.39. The fourth-order valence-corrected chi connectivity index (χ4v) is 0.300. The lowest BCUT2D eigenvalue weighted by Crippen LogP contribution is -2.36. The van der Waals surface area contributed by atoms with Crippen LogP contribution in [0.3, 0.4) is 0 Å². The van der Waals surface area contributed by atoms with Gasteiger partial charge in [0.05, 0.1) is 27.7 Å². The summed E-state index contributed by atoms with van der Waals surface area (Å²) in [6.45, 7) is 1.11. The van der Waals surface area contributed by atoms with Crippen molar-refractivity contribution in [3.8, 4) is 0 Å². The van der Waals surface area contributed by atoms with Gasteiger partial charge in [-0.1, -0.05) is 5.59 Å². The molecular weight excluding hydrogens is 120 g/mol. The summed E-state index contributed by atoms with van der Waals surface area (Å²) in [5.74, 6) is 0. The van der Waals surface area contributed by atoms with E-state index in [-0.39, 0.29) is 6.61 Å². The van der Waals surface area contributed by atoms with Gasteiger partial charge < -0.3 is 9.59 Å². The molecule has 0 fully saturated rings. The average molecular weight is 135 g/mol. The summed E-state index contributed by atoms with van der Waals surface area (Å²) >= 11 is 0. The van der Waals surface area contributed by atoms with Crippen molar-refractivity contribution < 1.29 is 9.59 Å². The van der Waals surface area contributed by atoms with Gasteiger partial charge in [0.15, 0.2) is 0 Å². The molecule has 0 rings (SSSR count). The number of nitrogens with zero attached hydrogens (tertiary/aromatic N) is 1. The molecule has 9 heavy (non-hydrogen) atoms. The van der Waals surface area contributed by atoms with Gasteiger partial charge in [0.1, 0.15) is 6.54 Å². The number of nitrogens with one attached hydrogen (secondary N) is 1. The summed E-state index contributed by atoms with van der Waals surface area (Å²) in [4.78, 5) is 7.50. The fourth-order valence-electron chi connectivity index (χ4n) is 0.300. The van der Waals surface area contributed by atoms with Crippen molar-refractivity contribution in [3.63, 3.8) is 0 Å². The van der Waals surface area contributed by atoms with Gasteiger partial charge in [-0.15, -0.1) is 0 Å². The lowest BCUT2D eigenvalue weighted by Gasteiger charge is -2.21. The van der Waals surface area contributed by atoms with Crippen LogP contribution < -0.4 is 0 Å². The molecular formula is C5H15N2O2+. The van der Waals surface area contributed by atoms with Crippen LogP contribution in [-0.4, -0.2) is 43.9 Å². The topological polar surface area (TPSA) is 61.1 Å². The minimum absolute atomic E-state index is 0.281. The normalized spacial score (nSPS) is 9.78. The highest BCUT2D eigenvalue weighted by Gasteiger charge is 2.02. The molecule has 4 nitrogen and oxygen atoms in total. The molecule has 0 spiro atoms. The summed E-state index contributed by atoms with van der Waals surface area (Å²) in [5.41, 5.74) is 4.50. The molecule has 0 aliphatic carbocycles. The van der Waals surface area contributed by atoms with E-state index >= 15 is 0 Å². The first-order chi connectivity index (χ1) is 4.06. The summed E-state index contributed by atoms with van der Waals surface area (Å²) in [6, 6.07) is 0. The van der Waals surface area contributed by atoms with Crippen LogP contribution in [0.2, 0.25) is 0 Å². The molecule has 0 unspecified atom stereocenters. The number of aliphatic hydroxyl groups excluding tert-OH is 1. The van der Waals surface area contributed by atoms with E-state index in [1.54, 1.807) is 0 Å². The van der Waals surface area contributed by atoms with Crippen LogP contribution in [-0.2, 0) is 0 Å². The molecule has 0 saturated carbocycles. The van der Waals surface area contributed by atoms with Crippen LogP contribution in [0.5, 0.6) is 0 Å². The van der Waals surface area contributed by atoms with Crippen molar-refractivity contribution in [1.82, 2.24) is 0 Å². The third kappa shape index (κ3) is 18.5. The van der Waals surface area contributed by atoms with E-state index in [1.165, 1.54) is 0 Å². The highest BCUT2D eigenvalue weighted by molar-refractivity contribution is 4.19. The predicted octanol–water partition coefficient (Wildman–Crippen LogP) is 0.0165. The van der Waals surface area contributed by atoms with Crippen molar-refractivity contribution in [3.05, 3.63) is 4.91 Å². The molecule has 0 aromatic heterocycles. The Morgan fingerprint density at radius 1 is 1.33 bits per heavy atom. The Kier molecular flexibility index (Phi) is 7.12. The lowest BCUT2D eigenvalue weighted by molar-refractivity contribution is -0.870. The van der Waals surface area contributed by atoms with Crippen LogP contribution in [0.1, 0.15) is 0 Å². The second kappa shape index (κ2) is 5.65. The number of nitroso groups, excluding NO2 is 1. The second-order valence-electron chi connectivity index (χ2n) is 2.74. The molecule has 0 aromatic rings. The molecule has 2 N–H and O–H groups in total. The number of hydrogen-bond donors (Lipinski definition) is 2. The van der Waals surface area contributed by atoms with Crippen LogP contribution in [0.15, 0.2) is 0 Å². The first-order valence-corrected chi connectivity index (χ1v) is 2.68. The van der Waals surface area contributed by atoms with E-state index in [2.05, 4.69) is 26.7 Å². The van der Waals surface area contributed by atoms with Crippen LogP contribution in [0.25, 0.3) is 0 Å². The van der Waals surface area contributed by atoms with E-state index in [9.17, 15) is 0 Å². The first-order valence-electron chi connectivity index (χ1n) is 2.68. The smallest absolute Gasteiger partial charge is 0.101 e. The van der Waals surface area contributed by atoms with Gasteiger partial charge in [0.25, 0.3) is 0 Å². The Balaban J connectivity index is 0. The van der Waals surface area contributed by atoms with E-state index in [4.69, 9.17) is 10.0 Å². The van der Waals surface area contributed by atoms with Crippen molar-refractivity contribution in [2.75, 3.05) is 34.3 Å². The number of rotatable bonds is 2. The second-order valence-corrected chi connectivity index (χ2v) is 2.74. The molecule has 0 saturated heterocycles. The quantitative estimate of drug-likeness (QED) is 0.414. The summed E-state index contributed by atoms with van der Waals surface area (Å²) < 4.78 is 0.844. The van der Waals surface area contributed by atoms with Crippen molar-refractivity contribution in [1.29, 1.82) is 5.59 Å². The molecule has 4 heteroatoms. The van der Waals surface area contributed by atoms with Gasteiger partial charge in [0.2, 0.25) is 0 Å². The van der Waals surface area contributed by atoms with Crippen molar-refractivity contribution in [2.45, 2.75) is 0 Å². The van der Waals surface area contributed by atoms with Crippen molar-refractivity contribution in [2.24, 2.45) is 0 Å². The molecule has 0 aromatic carbocycles. The van der Waals surface area contributed by atoms with Gasteiger partial charge in [-0.05, 0) is 0 Å². The van der Waals surface area contributed by atoms with Gasteiger partial charge >= 0.3 is 0 Å². The summed E-state index contributed by atoms with van der Waals surface area (Å²) in [7, 11) is 6.16. The molecule has 56 valence electrons. The van der Waals surface area contributed by atoms with Crippen LogP contribution in [0.4, 0.5) is 0 Å².